The zero-order chi connectivity index (χ0) is 19.4. The molecule has 0 bridgehead atoms. The van der Waals surface area contributed by atoms with Crippen molar-refractivity contribution in [2.24, 2.45) is 0 Å². The van der Waals surface area contributed by atoms with Gasteiger partial charge in [-0.25, -0.2) is 0 Å². The minimum absolute atomic E-state index is 0.0994. The first kappa shape index (κ1) is 19.4. The zero-order valence-electron chi connectivity index (χ0n) is 15.4. The van der Waals surface area contributed by atoms with E-state index < -0.39 is 11.5 Å². The Kier molecular flexibility index (Phi) is 5.82. The van der Waals surface area contributed by atoms with Crippen LogP contribution in [0.25, 0.3) is 11.1 Å². The lowest BCUT2D eigenvalue weighted by Gasteiger charge is -2.36. The van der Waals surface area contributed by atoms with E-state index in [4.69, 9.17) is 9.47 Å². The predicted molar refractivity (Wildman–Crippen MR) is 104 cm³/mol. The highest BCUT2D eigenvalue weighted by Crippen LogP contribution is 2.33. The number of carboxylic acid groups (broad SMARTS) is 1. The topological polar surface area (TPSA) is 84.9 Å². The summed E-state index contributed by atoms with van der Waals surface area (Å²) < 4.78 is 10.5. The van der Waals surface area contributed by atoms with Gasteiger partial charge in [0.05, 0.1) is 23.9 Å². The molecule has 2 N–H and O–H groups in total. The van der Waals surface area contributed by atoms with E-state index in [9.17, 15) is 14.7 Å². The molecule has 6 nitrogen and oxygen atoms in total. The number of hydrogen-bond acceptors (Lipinski definition) is 5. The van der Waals surface area contributed by atoms with Gasteiger partial charge in [-0.1, -0.05) is 12.1 Å². The molecular formula is C20H23NO5S. The number of aryl methyl sites for hydroxylation is 1. The third-order valence-electron chi connectivity index (χ3n) is 4.86. The smallest absolute Gasteiger partial charge is 0.305 e. The van der Waals surface area contributed by atoms with Gasteiger partial charge in [0.1, 0.15) is 5.75 Å². The van der Waals surface area contributed by atoms with Gasteiger partial charge in [0.2, 0.25) is 0 Å². The molecule has 1 saturated heterocycles. The number of nitrogens with one attached hydrogen (secondary N) is 1. The van der Waals surface area contributed by atoms with E-state index in [1.54, 1.807) is 7.11 Å². The van der Waals surface area contributed by atoms with Gasteiger partial charge in [-0.2, -0.15) is 0 Å². The summed E-state index contributed by atoms with van der Waals surface area (Å²) in [6.45, 7) is 2.88. The average Bonchev–Trinajstić information content (AvgIpc) is 3.04. The van der Waals surface area contributed by atoms with E-state index in [-0.39, 0.29) is 12.3 Å². The molecule has 0 saturated carbocycles. The van der Waals surface area contributed by atoms with Crippen molar-refractivity contribution >= 4 is 23.2 Å². The zero-order valence-corrected chi connectivity index (χ0v) is 16.2. The Labute approximate surface area is 162 Å². The summed E-state index contributed by atoms with van der Waals surface area (Å²) in [6, 6.07) is 9.55. The Bertz CT molecular complexity index is 821. The fourth-order valence-corrected chi connectivity index (χ4v) is 4.29. The number of amides is 1. The quantitative estimate of drug-likeness (QED) is 0.790. The molecule has 0 radical (unpaired) electrons. The normalized spacial score (nSPS) is 15.9. The molecule has 0 spiro atoms. The Hall–Kier alpha value is -2.38. The van der Waals surface area contributed by atoms with Gasteiger partial charge in [0.15, 0.2) is 0 Å². The van der Waals surface area contributed by atoms with E-state index in [0.29, 0.717) is 30.9 Å². The highest BCUT2D eigenvalue weighted by molar-refractivity contribution is 7.14. The minimum Gasteiger partial charge on any atom is -0.497 e. The van der Waals surface area contributed by atoms with Gasteiger partial charge < -0.3 is 19.9 Å². The molecule has 144 valence electrons. The van der Waals surface area contributed by atoms with Gasteiger partial charge >= 0.3 is 5.97 Å². The standard InChI is InChI=1S/C20H23NO5S/c1-13-16(14-3-5-15(25-2)6-4-14)11-17(27-13)19(24)21-20(12-18(22)23)7-9-26-10-8-20/h3-6,11H,7-10,12H2,1-2H3,(H,21,24)(H,22,23). The minimum atomic E-state index is -0.918. The fourth-order valence-electron chi connectivity index (χ4n) is 3.35. The third-order valence-corrected chi connectivity index (χ3v) is 5.91. The van der Waals surface area contributed by atoms with Crippen LogP contribution in [0.1, 0.15) is 33.8 Å². The largest absolute Gasteiger partial charge is 0.497 e. The van der Waals surface area contributed by atoms with Gasteiger partial charge in [-0.15, -0.1) is 11.3 Å². The SMILES string of the molecule is COc1ccc(-c2cc(C(=O)NC3(CC(=O)O)CCOCC3)sc2C)cc1. The maximum Gasteiger partial charge on any atom is 0.305 e. The molecule has 1 aromatic carbocycles. The molecule has 1 aliphatic rings. The number of rotatable bonds is 6. The predicted octanol–water partition coefficient (Wildman–Crippen LogP) is 3.49. The molecule has 1 amide bonds. The Balaban J connectivity index is 1.81. The van der Waals surface area contributed by atoms with Crippen LogP contribution in [0.5, 0.6) is 5.75 Å². The molecule has 0 atom stereocenters. The van der Waals surface area contributed by atoms with E-state index in [1.165, 1.54) is 11.3 Å². The highest BCUT2D eigenvalue weighted by atomic mass is 32.1. The lowest BCUT2D eigenvalue weighted by molar-refractivity contribution is -0.139. The van der Waals surface area contributed by atoms with Crippen molar-refractivity contribution in [2.45, 2.75) is 31.7 Å². The van der Waals surface area contributed by atoms with E-state index in [0.717, 1.165) is 21.8 Å². The summed E-state index contributed by atoms with van der Waals surface area (Å²) in [5.74, 6) is -0.371. The summed E-state index contributed by atoms with van der Waals surface area (Å²) in [4.78, 5) is 25.7. The van der Waals surface area contributed by atoms with Crippen LogP contribution in [0.4, 0.5) is 0 Å². The van der Waals surface area contributed by atoms with Crippen LogP contribution in [0.15, 0.2) is 30.3 Å². The van der Waals surface area contributed by atoms with Crippen molar-refractivity contribution in [2.75, 3.05) is 20.3 Å². The molecule has 3 rings (SSSR count). The van der Waals surface area contributed by atoms with Gasteiger partial charge in [0, 0.05) is 18.1 Å². The second-order valence-electron chi connectivity index (χ2n) is 6.73. The number of thiophene rings is 1. The molecule has 1 aromatic heterocycles. The van der Waals surface area contributed by atoms with E-state index >= 15 is 0 Å². The molecule has 7 heteroatoms. The van der Waals surface area contributed by atoms with Crippen molar-refractivity contribution in [3.05, 3.63) is 40.1 Å². The number of ether oxygens (including phenoxy) is 2. The van der Waals surface area contributed by atoms with Crippen LogP contribution in [-0.4, -0.2) is 42.8 Å². The highest BCUT2D eigenvalue weighted by Gasteiger charge is 2.37. The summed E-state index contributed by atoms with van der Waals surface area (Å²) in [5, 5.41) is 12.2. The van der Waals surface area contributed by atoms with Crippen LogP contribution in [0.3, 0.4) is 0 Å². The average molecular weight is 389 g/mol. The van der Waals surface area contributed by atoms with Gasteiger partial charge in [0.25, 0.3) is 5.91 Å². The van der Waals surface area contributed by atoms with Crippen molar-refractivity contribution in [3.63, 3.8) is 0 Å². The first-order chi connectivity index (χ1) is 12.9. The number of methoxy groups -OCH3 is 1. The fraction of sp³-hybridized carbons (Fsp3) is 0.400. The maximum atomic E-state index is 12.8. The van der Waals surface area contributed by atoms with Crippen LogP contribution in [-0.2, 0) is 9.53 Å². The lowest BCUT2D eigenvalue weighted by atomic mass is 9.86. The summed E-state index contributed by atoms with van der Waals surface area (Å²) in [7, 11) is 1.62. The lowest BCUT2D eigenvalue weighted by Crippen LogP contribution is -2.53. The number of carboxylic acids is 1. The molecule has 0 unspecified atom stereocenters. The van der Waals surface area contributed by atoms with E-state index in [1.807, 2.05) is 37.3 Å². The Morgan fingerprint density at radius 3 is 2.52 bits per heavy atom. The molecule has 2 aromatic rings. The van der Waals surface area contributed by atoms with Crippen LogP contribution in [0.2, 0.25) is 0 Å². The molecule has 1 aliphatic heterocycles. The maximum absolute atomic E-state index is 12.8. The van der Waals surface area contributed by atoms with Crippen LogP contribution >= 0.6 is 11.3 Å². The molecule has 1 fully saturated rings. The summed E-state index contributed by atoms with van der Waals surface area (Å²) in [5.41, 5.74) is 1.25. The number of carbonyl (C=O) groups is 2. The third kappa shape index (κ3) is 4.48. The van der Waals surface area contributed by atoms with Crippen molar-refractivity contribution in [3.8, 4) is 16.9 Å². The Morgan fingerprint density at radius 2 is 1.93 bits per heavy atom. The van der Waals surface area contributed by atoms with Gasteiger partial charge in [-0.3, -0.25) is 9.59 Å². The number of benzene rings is 1. The second-order valence-corrected chi connectivity index (χ2v) is 7.98. The number of aliphatic carboxylic acids is 1. The van der Waals surface area contributed by atoms with Crippen molar-refractivity contribution in [1.82, 2.24) is 5.32 Å². The van der Waals surface area contributed by atoms with E-state index in [2.05, 4.69) is 5.32 Å². The summed E-state index contributed by atoms with van der Waals surface area (Å²) in [6.07, 6.45) is 0.902. The first-order valence-corrected chi connectivity index (χ1v) is 9.61. The van der Waals surface area contributed by atoms with Crippen LogP contribution < -0.4 is 10.1 Å². The number of hydrogen-bond donors (Lipinski definition) is 2. The van der Waals surface area contributed by atoms with Gasteiger partial charge in [-0.05, 0) is 49.1 Å². The molecular weight excluding hydrogens is 366 g/mol. The molecule has 27 heavy (non-hydrogen) atoms. The monoisotopic (exact) mass is 389 g/mol. The summed E-state index contributed by atoms with van der Waals surface area (Å²) >= 11 is 1.41. The van der Waals surface area contributed by atoms with Crippen LogP contribution in [0, 0.1) is 6.92 Å². The molecule has 0 aliphatic carbocycles. The van der Waals surface area contributed by atoms with Crippen molar-refractivity contribution in [1.29, 1.82) is 0 Å². The van der Waals surface area contributed by atoms with Crippen molar-refractivity contribution < 1.29 is 24.2 Å². The Morgan fingerprint density at radius 1 is 1.26 bits per heavy atom. The second kappa shape index (κ2) is 8.10. The first-order valence-electron chi connectivity index (χ1n) is 8.79. The molecule has 2 heterocycles. The number of carbonyl (C=O) groups excluding carboxylic acids is 1.